The maximum Gasteiger partial charge on any atom is 0.350 e. The van der Waals surface area contributed by atoms with E-state index < -0.39 is 5.97 Å². The van der Waals surface area contributed by atoms with Gasteiger partial charge in [0, 0.05) is 17.4 Å². The van der Waals surface area contributed by atoms with Gasteiger partial charge in [-0.05, 0) is 52.8 Å². The first-order valence-electron chi connectivity index (χ1n) is 10.6. The summed E-state index contributed by atoms with van der Waals surface area (Å²) >= 11 is 1.28. The lowest BCUT2D eigenvalue weighted by molar-refractivity contribution is -0.117. The Kier molecular flexibility index (Phi) is 6.09. The predicted octanol–water partition coefficient (Wildman–Crippen LogP) is 3.75. The summed E-state index contributed by atoms with van der Waals surface area (Å²) in [6.45, 7) is 8.82. The number of ether oxygens (including phenoxy) is 2. The van der Waals surface area contributed by atoms with Gasteiger partial charge in [-0.25, -0.2) is 9.78 Å². The van der Waals surface area contributed by atoms with E-state index in [2.05, 4.69) is 10.2 Å². The molecular formula is C22H29N3O4S. The zero-order valence-corrected chi connectivity index (χ0v) is 18.7. The number of carbonyl (C=O) groups is 2. The Hall–Kier alpha value is -2.03. The maximum atomic E-state index is 12.8. The molecule has 1 saturated heterocycles. The Balaban J connectivity index is 1.67. The molecule has 0 radical (unpaired) electrons. The summed E-state index contributed by atoms with van der Waals surface area (Å²) in [7, 11) is 0. The maximum absolute atomic E-state index is 12.8. The van der Waals surface area contributed by atoms with Gasteiger partial charge in [0.15, 0.2) is 0 Å². The summed E-state index contributed by atoms with van der Waals surface area (Å²) in [5.74, 6) is -0.541. The van der Waals surface area contributed by atoms with Crippen LogP contribution in [0, 0.1) is 0 Å². The number of anilines is 1. The quantitative estimate of drug-likeness (QED) is 0.727. The first kappa shape index (κ1) is 21.2. The molecule has 2 aliphatic rings. The minimum Gasteiger partial charge on any atom is -0.462 e. The number of amides is 1. The lowest BCUT2D eigenvalue weighted by Gasteiger charge is -2.31. The monoisotopic (exact) mass is 431 g/mol. The number of hydrogen-bond donors (Lipinski definition) is 1. The van der Waals surface area contributed by atoms with E-state index in [-0.39, 0.29) is 18.1 Å². The fourth-order valence-corrected chi connectivity index (χ4v) is 5.10. The smallest absolute Gasteiger partial charge is 0.350 e. The molecule has 1 fully saturated rings. The van der Waals surface area contributed by atoms with E-state index >= 15 is 0 Å². The third-order valence-corrected chi connectivity index (χ3v) is 6.68. The fraction of sp³-hybridized carbons (Fsp3) is 0.591. The lowest BCUT2D eigenvalue weighted by atomic mass is 9.95. The number of fused-ring (bicyclic) bond motifs is 2. The van der Waals surface area contributed by atoms with Crippen molar-refractivity contribution in [2.75, 3.05) is 31.6 Å². The zero-order chi connectivity index (χ0) is 21.3. The van der Waals surface area contributed by atoms with E-state index in [0.717, 1.165) is 47.4 Å². The van der Waals surface area contributed by atoms with Gasteiger partial charge in [-0.15, -0.1) is 11.3 Å². The van der Waals surface area contributed by atoms with Gasteiger partial charge in [-0.1, -0.05) is 6.42 Å². The third kappa shape index (κ3) is 4.50. The Bertz CT molecular complexity index is 963. The van der Waals surface area contributed by atoms with Crippen LogP contribution in [-0.2, 0) is 27.3 Å². The molecule has 7 nitrogen and oxygen atoms in total. The normalized spacial score (nSPS) is 18.8. The van der Waals surface area contributed by atoms with Crippen LogP contribution in [-0.4, -0.2) is 53.6 Å². The van der Waals surface area contributed by atoms with Crippen molar-refractivity contribution in [2.45, 2.75) is 58.7 Å². The molecule has 0 unspecified atom stereocenters. The number of nitrogens with zero attached hydrogens (tertiary/aromatic N) is 2. The molecule has 0 aromatic carbocycles. The number of carbonyl (C=O) groups excluding carboxylic acids is 2. The van der Waals surface area contributed by atoms with Crippen molar-refractivity contribution in [1.29, 1.82) is 0 Å². The molecule has 1 N–H and O–H groups in total. The Morgan fingerprint density at radius 1 is 1.30 bits per heavy atom. The molecule has 4 heterocycles. The number of thiophene rings is 1. The Morgan fingerprint density at radius 3 is 2.80 bits per heavy atom. The van der Waals surface area contributed by atoms with Crippen molar-refractivity contribution in [1.82, 2.24) is 9.88 Å². The molecule has 0 spiro atoms. The number of esters is 1. The van der Waals surface area contributed by atoms with Crippen molar-refractivity contribution >= 4 is 39.1 Å². The highest BCUT2D eigenvalue weighted by molar-refractivity contribution is 7.21. The molecule has 1 amide bonds. The first-order valence-corrected chi connectivity index (χ1v) is 11.5. The second-order valence-electron chi connectivity index (χ2n) is 8.58. The number of rotatable bonds is 5. The summed E-state index contributed by atoms with van der Waals surface area (Å²) < 4.78 is 11.2. The summed E-state index contributed by atoms with van der Waals surface area (Å²) in [6.07, 6.45) is 4.17. The second-order valence-corrected chi connectivity index (χ2v) is 9.58. The molecule has 2 aromatic heterocycles. The van der Waals surface area contributed by atoms with Crippen LogP contribution in [0.5, 0.6) is 0 Å². The van der Waals surface area contributed by atoms with E-state index in [1.54, 1.807) is 6.92 Å². The second kappa shape index (κ2) is 8.61. The van der Waals surface area contributed by atoms with Crippen LogP contribution in [0.4, 0.5) is 5.69 Å². The van der Waals surface area contributed by atoms with Gasteiger partial charge in [0.2, 0.25) is 5.91 Å². The van der Waals surface area contributed by atoms with Gasteiger partial charge in [0.25, 0.3) is 0 Å². The van der Waals surface area contributed by atoms with Gasteiger partial charge < -0.3 is 14.8 Å². The molecule has 30 heavy (non-hydrogen) atoms. The van der Waals surface area contributed by atoms with E-state index in [1.807, 2.05) is 19.9 Å². The van der Waals surface area contributed by atoms with E-state index in [0.29, 0.717) is 30.1 Å². The first-order chi connectivity index (χ1) is 14.4. The van der Waals surface area contributed by atoms with E-state index in [9.17, 15) is 9.59 Å². The van der Waals surface area contributed by atoms with Crippen LogP contribution in [0.15, 0.2) is 6.07 Å². The summed E-state index contributed by atoms with van der Waals surface area (Å²) in [5, 5.41) is 3.77. The van der Waals surface area contributed by atoms with Crippen LogP contribution in [0.3, 0.4) is 0 Å². The molecule has 0 bridgehead atoms. The molecule has 0 atom stereocenters. The molecule has 2 aromatic rings. The predicted molar refractivity (Wildman–Crippen MR) is 117 cm³/mol. The highest BCUT2D eigenvalue weighted by Gasteiger charge is 2.30. The molecule has 0 saturated carbocycles. The van der Waals surface area contributed by atoms with Gasteiger partial charge in [-0.3, -0.25) is 9.69 Å². The van der Waals surface area contributed by atoms with Crippen LogP contribution in [0.25, 0.3) is 10.2 Å². The third-order valence-electron chi connectivity index (χ3n) is 5.60. The van der Waals surface area contributed by atoms with Crippen molar-refractivity contribution in [2.24, 2.45) is 0 Å². The average Bonchev–Trinajstić information content (AvgIpc) is 3.04. The highest BCUT2D eigenvalue weighted by atomic mass is 32.1. The largest absolute Gasteiger partial charge is 0.462 e. The highest BCUT2D eigenvalue weighted by Crippen LogP contribution is 2.38. The zero-order valence-electron chi connectivity index (χ0n) is 17.9. The number of hydrogen-bond acceptors (Lipinski definition) is 7. The van der Waals surface area contributed by atoms with Crippen molar-refractivity contribution in [3.05, 3.63) is 22.2 Å². The number of pyridine rings is 1. The molecule has 8 heteroatoms. The average molecular weight is 432 g/mol. The van der Waals surface area contributed by atoms with Crippen LogP contribution in [0.1, 0.15) is 61.0 Å². The van der Waals surface area contributed by atoms with E-state index in [1.165, 1.54) is 17.8 Å². The SMILES string of the molecule is CCOC(=O)c1sc2nc3c(cc2c1NC(=O)CN1CCCCC1)COC(C)(C)C3. The van der Waals surface area contributed by atoms with Gasteiger partial charge in [0.05, 0.1) is 36.7 Å². The number of piperidine rings is 1. The van der Waals surface area contributed by atoms with Crippen LogP contribution >= 0.6 is 11.3 Å². The summed E-state index contributed by atoms with van der Waals surface area (Å²) in [4.78, 5) is 33.5. The van der Waals surface area contributed by atoms with Crippen LogP contribution < -0.4 is 5.32 Å². The molecular weight excluding hydrogens is 402 g/mol. The fourth-order valence-electron chi connectivity index (χ4n) is 4.07. The van der Waals surface area contributed by atoms with Crippen molar-refractivity contribution < 1.29 is 19.1 Å². The summed E-state index contributed by atoms with van der Waals surface area (Å²) in [6, 6.07) is 2.00. The molecule has 4 rings (SSSR count). The van der Waals surface area contributed by atoms with Gasteiger partial charge in [-0.2, -0.15) is 0 Å². The van der Waals surface area contributed by atoms with Crippen LogP contribution in [0.2, 0.25) is 0 Å². The lowest BCUT2D eigenvalue weighted by Crippen LogP contribution is -2.37. The number of likely N-dealkylation sites (tertiary alicyclic amines) is 1. The Morgan fingerprint density at radius 2 is 2.07 bits per heavy atom. The standard InChI is InChI=1S/C22H29N3O4S/c1-4-28-21(27)19-18(24-17(26)12-25-8-6-5-7-9-25)15-10-14-13-29-22(2,3)11-16(14)23-20(15)30-19/h10H,4-9,11-13H2,1-3H3,(H,24,26). The van der Waals surface area contributed by atoms with Gasteiger partial charge >= 0.3 is 5.97 Å². The molecule has 162 valence electrons. The number of aromatic nitrogens is 1. The topological polar surface area (TPSA) is 80.8 Å². The minimum absolute atomic E-state index is 0.114. The summed E-state index contributed by atoms with van der Waals surface area (Å²) in [5.41, 5.74) is 2.24. The number of nitrogens with one attached hydrogen (secondary N) is 1. The minimum atomic E-state index is -0.427. The molecule has 0 aliphatic carbocycles. The molecule has 2 aliphatic heterocycles. The van der Waals surface area contributed by atoms with Crippen molar-refractivity contribution in [3.8, 4) is 0 Å². The van der Waals surface area contributed by atoms with E-state index in [4.69, 9.17) is 14.5 Å². The van der Waals surface area contributed by atoms with Crippen molar-refractivity contribution in [3.63, 3.8) is 0 Å². The van der Waals surface area contributed by atoms with Gasteiger partial charge in [0.1, 0.15) is 9.71 Å². The Labute approximate surface area is 180 Å².